The van der Waals surface area contributed by atoms with Gasteiger partial charge in [0.05, 0.1) is 6.54 Å². The fraction of sp³-hybridized carbons (Fsp3) is 0.583. The van der Waals surface area contributed by atoms with Crippen LogP contribution in [0.1, 0.15) is 18.7 Å². The molecule has 0 aromatic carbocycles. The monoisotopic (exact) mass is 232 g/mol. The van der Waals surface area contributed by atoms with Crippen LogP contribution in [0.5, 0.6) is 0 Å². The molecule has 0 saturated heterocycles. The highest BCUT2D eigenvalue weighted by atomic mass is 16.2. The summed E-state index contributed by atoms with van der Waals surface area (Å²) >= 11 is 0. The summed E-state index contributed by atoms with van der Waals surface area (Å²) in [6, 6.07) is 0. The maximum atomic E-state index is 12.3. The topological polar surface area (TPSA) is 61.9 Å². The Morgan fingerprint density at radius 3 is 3.00 bits per heavy atom. The fourth-order valence-electron chi connectivity index (χ4n) is 2.96. The Morgan fingerprint density at radius 1 is 1.53 bits per heavy atom. The second-order valence-corrected chi connectivity index (χ2v) is 5.01. The lowest BCUT2D eigenvalue weighted by Gasteiger charge is -2.23. The van der Waals surface area contributed by atoms with Gasteiger partial charge in [0.15, 0.2) is 0 Å². The number of allylic oxidation sites excluding steroid dienone is 2. The first kappa shape index (κ1) is 10.5. The van der Waals surface area contributed by atoms with Crippen LogP contribution in [-0.2, 0) is 11.3 Å². The average Bonchev–Trinajstić information content (AvgIpc) is 3.04. The summed E-state index contributed by atoms with van der Waals surface area (Å²) < 4.78 is 0. The van der Waals surface area contributed by atoms with Crippen LogP contribution in [0.3, 0.4) is 0 Å². The third-order valence-corrected chi connectivity index (χ3v) is 3.82. The van der Waals surface area contributed by atoms with Crippen molar-refractivity contribution >= 4 is 5.91 Å². The second kappa shape index (κ2) is 3.98. The molecule has 1 N–H and O–H groups in total. The Bertz CT molecular complexity index is 439. The molecule has 5 heteroatoms. The number of nitrogens with zero attached hydrogens (tertiary/aromatic N) is 3. The van der Waals surface area contributed by atoms with Crippen molar-refractivity contribution < 1.29 is 4.79 Å². The van der Waals surface area contributed by atoms with Crippen molar-refractivity contribution in [2.45, 2.75) is 19.4 Å². The van der Waals surface area contributed by atoms with Crippen LogP contribution in [0.4, 0.5) is 0 Å². The lowest BCUT2D eigenvalue weighted by Crippen LogP contribution is -2.34. The van der Waals surface area contributed by atoms with Crippen LogP contribution in [-0.4, -0.2) is 33.0 Å². The number of amides is 1. The van der Waals surface area contributed by atoms with E-state index < -0.39 is 0 Å². The van der Waals surface area contributed by atoms with Crippen LogP contribution in [0.25, 0.3) is 0 Å². The van der Waals surface area contributed by atoms with Gasteiger partial charge in [0, 0.05) is 13.0 Å². The second-order valence-electron chi connectivity index (χ2n) is 5.01. The summed E-state index contributed by atoms with van der Waals surface area (Å²) in [6.45, 7) is 0.510. The molecule has 17 heavy (non-hydrogen) atoms. The Labute approximate surface area is 99.9 Å². The van der Waals surface area contributed by atoms with Crippen molar-refractivity contribution in [2.75, 3.05) is 7.05 Å². The SMILES string of the molecule is CN(Cc1ncn[nH]1)C(=O)C1CC2C=CC1C2. The van der Waals surface area contributed by atoms with Crippen LogP contribution in [0.2, 0.25) is 0 Å². The lowest BCUT2D eigenvalue weighted by atomic mass is 9.92. The van der Waals surface area contributed by atoms with E-state index in [0.717, 1.165) is 18.7 Å². The van der Waals surface area contributed by atoms with Gasteiger partial charge < -0.3 is 4.90 Å². The normalized spacial score (nSPS) is 29.8. The van der Waals surface area contributed by atoms with E-state index in [1.807, 2.05) is 7.05 Å². The molecule has 3 rings (SSSR count). The van der Waals surface area contributed by atoms with Gasteiger partial charge >= 0.3 is 0 Å². The number of nitrogens with one attached hydrogen (secondary N) is 1. The highest BCUT2D eigenvalue weighted by Gasteiger charge is 2.40. The quantitative estimate of drug-likeness (QED) is 0.790. The number of hydrogen-bond donors (Lipinski definition) is 1. The zero-order valence-corrected chi connectivity index (χ0v) is 9.84. The molecule has 3 atom stereocenters. The zero-order chi connectivity index (χ0) is 11.8. The molecule has 1 aromatic rings. The number of hydrogen-bond acceptors (Lipinski definition) is 3. The molecule has 2 bridgehead atoms. The first-order valence-corrected chi connectivity index (χ1v) is 6.01. The molecule has 1 heterocycles. The molecular formula is C12H16N4O. The average molecular weight is 232 g/mol. The molecule has 1 aromatic heterocycles. The summed E-state index contributed by atoms with van der Waals surface area (Å²) in [5.41, 5.74) is 0. The highest BCUT2D eigenvalue weighted by molar-refractivity contribution is 5.79. The molecule has 3 unspecified atom stereocenters. The fourth-order valence-corrected chi connectivity index (χ4v) is 2.96. The van der Waals surface area contributed by atoms with Gasteiger partial charge in [0.1, 0.15) is 12.2 Å². The van der Waals surface area contributed by atoms with Crippen LogP contribution in [0.15, 0.2) is 18.5 Å². The molecule has 1 saturated carbocycles. The van der Waals surface area contributed by atoms with E-state index in [4.69, 9.17) is 0 Å². The third kappa shape index (κ3) is 1.85. The van der Waals surface area contributed by atoms with Gasteiger partial charge in [-0.15, -0.1) is 0 Å². The van der Waals surface area contributed by atoms with E-state index in [2.05, 4.69) is 27.3 Å². The Balaban J connectivity index is 1.64. The molecule has 0 radical (unpaired) electrons. The van der Waals surface area contributed by atoms with Gasteiger partial charge in [-0.1, -0.05) is 12.2 Å². The van der Waals surface area contributed by atoms with E-state index in [9.17, 15) is 4.79 Å². The summed E-state index contributed by atoms with van der Waals surface area (Å²) in [4.78, 5) is 18.1. The zero-order valence-electron chi connectivity index (χ0n) is 9.84. The van der Waals surface area contributed by atoms with Crippen molar-refractivity contribution in [3.05, 3.63) is 24.3 Å². The highest BCUT2D eigenvalue weighted by Crippen LogP contribution is 2.44. The van der Waals surface area contributed by atoms with Gasteiger partial charge in [-0.05, 0) is 24.7 Å². The van der Waals surface area contributed by atoms with Crippen molar-refractivity contribution in [1.82, 2.24) is 20.1 Å². The van der Waals surface area contributed by atoms with Gasteiger partial charge in [-0.25, -0.2) is 4.98 Å². The number of carbonyl (C=O) groups excluding carboxylic acids is 1. The van der Waals surface area contributed by atoms with Crippen LogP contribution in [0, 0.1) is 17.8 Å². The lowest BCUT2D eigenvalue weighted by molar-refractivity contribution is -0.135. The number of aromatic nitrogens is 3. The van der Waals surface area contributed by atoms with Crippen molar-refractivity contribution in [3.63, 3.8) is 0 Å². The Morgan fingerprint density at radius 2 is 2.41 bits per heavy atom. The number of rotatable bonds is 3. The Hall–Kier alpha value is -1.65. The summed E-state index contributed by atoms with van der Waals surface area (Å²) in [6.07, 6.45) is 8.10. The van der Waals surface area contributed by atoms with Gasteiger partial charge in [0.25, 0.3) is 0 Å². The van der Waals surface area contributed by atoms with E-state index >= 15 is 0 Å². The predicted octanol–water partition coefficient (Wildman–Crippen LogP) is 0.975. The molecule has 1 amide bonds. The maximum Gasteiger partial charge on any atom is 0.226 e. The van der Waals surface area contributed by atoms with Crippen molar-refractivity contribution in [2.24, 2.45) is 17.8 Å². The van der Waals surface area contributed by atoms with Gasteiger partial charge in [-0.3, -0.25) is 9.89 Å². The molecule has 2 aliphatic carbocycles. The minimum atomic E-state index is 0.179. The minimum Gasteiger partial charge on any atom is -0.338 e. The summed E-state index contributed by atoms with van der Waals surface area (Å²) in [7, 11) is 1.83. The molecule has 90 valence electrons. The number of aromatic amines is 1. The maximum absolute atomic E-state index is 12.3. The molecule has 1 fully saturated rings. The van der Waals surface area contributed by atoms with Crippen molar-refractivity contribution in [1.29, 1.82) is 0 Å². The van der Waals surface area contributed by atoms with E-state index in [0.29, 0.717) is 18.4 Å². The first-order chi connectivity index (χ1) is 8.24. The first-order valence-electron chi connectivity index (χ1n) is 6.01. The largest absolute Gasteiger partial charge is 0.338 e. The minimum absolute atomic E-state index is 0.179. The number of fused-ring (bicyclic) bond motifs is 2. The number of H-pyrrole nitrogens is 1. The molecule has 2 aliphatic rings. The van der Waals surface area contributed by atoms with Crippen LogP contribution < -0.4 is 0 Å². The third-order valence-electron chi connectivity index (χ3n) is 3.82. The Kier molecular flexibility index (Phi) is 2.46. The van der Waals surface area contributed by atoms with E-state index in [1.165, 1.54) is 6.33 Å². The predicted molar refractivity (Wildman–Crippen MR) is 61.7 cm³/mol. The number of carbonyl (C=O) groups is 1. The summed E-state index contributed by atoms with van der Waals surface area (Å²) in [5.74, 6) is 2.24. The van der Waals surface area contributed by atoms with E-state index in [-0.39, 0.29) is 11.8 Å². The molecular weight excluding hydrogens is 216 g/mol. The van der Waals surface area contributed by atoms with Gasteiger partial charge in [-0.2, -0.15) is 5.10 Å². The molecule has 0 spiro atoms. The van der Waals surface area contributed by atoms with Crippen LogP contribution >= 0.6 is 0 Å². The smallest absolute Gasteiger partial charge is 0.226 e. The summed E-state index contributed by atoms with van der Waals surface area (Å²) in [5, 5.41) is 6.56. The van der Waals surface area contributed by atoms with E-state index in [1.54, 1.807) is 4.90 Å². The molecule has 5 nitrogen and oxygen atoms in total. The molecule has 0 aliphatic heterocycles. The standard InChI is InChI=1S/C12H16N4O/c1-16(6-11-13-7-14-15-11)12(17)10-5-8-2-3-9(10)4-8/h2-3,7-10H,4-6H2,1H3,(H,13,14,15). The van der Waals surface area contributed by atoms with Crippen molar-refractivity contribution in [3.8, 4) is 0 Å². The van der Waals surface area contributed by atoms with Gasteiger partial charge in [0.2, 0.25) is 5.91 Å².